The summed E-state index contributed by atoms with van der Waals surface area (Å²) in [5, 5.41) is 12.1. The van der Waals surface area contributed by atoms with Gasteiger partial charge in [-0.2, -0.15) is 0 Å². The van der Waals surface area contributed by atoms with Crippen molar-refractivity contribution in [2.75, 3.05) is 19.6 Å². The van der Waals surface area contributed by atoms with Gasteiger partial charge in [-0.25, -0.2) is 0 Å². The number of benzene rings is 1. The van der Waals surface area contributed by atoms with Crippen LogP contribution in [0.4, 0.5) is 0 Å². The Morgan fingerprint density at radius 1 is 1.12 bits per heavy atom. The zero-order chi connectivity index (χ0) is 16.8. The van der Waals surface area contributed by atoms with Crippen molar-refractivity contribution in [3.8, 4) is 0 Å². The molecule has 1 atom stereocenters. The van der Waals surface area contributed by atoms with Crippen LogP contribution in [0.25, 0.3) is 0 Å². The number of hydrogen-bond acceptors (Lipinski definition) is 4. The van der Waals surface area contributed by atoms with Crippen LogP contribution in [0, 0.1) is 0 Å². The normalized spacial score (nSPS) is 22.0. The molecule has 1 unspecified atom stereocenters. The largest absolute Gasteiger partial charge is 0.342 e. The molecule has 3 heterocycles. The average molecular weight is 374 g/mol. The Bertz CT molecular complexity index is 812. The number of halogens is 1. The first-order chi connectivity index (χ1) is 12.3. The summed E-state index contributed by atoms with van der Waals surface area (Å²) in [4.78, 5) is 14.9. The van der Waals surface area contributed by atoms with Gasteiger partial charge in [0.1, 0.15) is 11.6 Å². The van der Waals surface area contributed by atoms with E-state index in [0.29, 0.717) is 11.8 Å². The number of fused-ring (bicyclic) bond motifs is 2. The molecule has 138 valence electrons. The van der Waals surface area contributed by atoms with Crippen molar-refractivity contribution >= 4 is 18.3 Å². The van der Waals surface area contributed by atoms with Gasteiger partial charge in [-0.3, -0.25) is 4.79 Å². The molecule has 1 saturated heterocycles. The Morgan fingerprint density at radius 2 is 1.92 bits per heavy atom. The van der Waals surface area contributed by atoms with E-state index in [0.717, 1.165) is 63.6 Å². The molecular formula is C19H24ClN5O. The third-order valence-corrected chi connectivity index (χ3v) is 5.98. The number of nitrogens with zero attached hydrogens (tertiary/aromatic N) is 4. The Morgan fingerprint density at radius 3 is 2.73 bits per heavy atom. The smallest absolute Gasteiger partial charge is 0.230 e. The van der Waals surface area contributed by atoms with Gasteiger partial charge in [-0.15, -0.1) is 22.6 Å². The molecule has 7 heteroatoms. The third-order valence-electron chi connectivity index (χ3n) is 5.98. The first kappa shape index (κ1) is 17.5. The van der Waals surface area contributed by atoms with Crippen LogP contribution in [0.1, 0.15) is 47.5 Å². The maximum absolute atomic E-state index is 12.9. The Kier molecular flexibility index (Phi) is 4.71. The van der Waals surface area contributed by atoms with E-state index in [9.17, 15) is 4.79 Å². The van der Waals surface area contributed by atoms with Gasteiger partial charge < -0.3 is 14.8 Å². The van der Waals surface area contributed by atoms with Crippen LogP contribution < -0.4 is 5.32 Å². The molecule has 1 amide bonds. The Hall–Kier alpha value is -1.92. The van der Waals surface area contributed by atoms with Crippen molar-refractivity contribution in [3.63, 3.8) is 0 Å². The molecule has 1 fully saturated rings. The highest BCUT2D eigenvalue weighted by Crippen LogP contribution is 2.37. The van der Waals surface area contributed by atoms with Gasteiger partial charge >= 0.3 is 0 Å². The zero-order valence-electron chi connectivity index (χ0n) is 14.7. The van der Waals surface area contributed by atoms with Gasteiger partial charge in [0.15, 0.2) is 0 Å². The number of piperidine rings is 1. The molecule has 0 bridgehead atoms. The van der Waals surface area contributed by atoms with Crippen molar-refractivity contribution in [2.45, 2.75) is 44.2 Å². The molecule has 2 aliphatic heterocycles. The molecule has 3 aliphatic rings. The molecule has 2 aromatic rings. The summed E-state index contributed by atoms with van der Waals surface area (Å²) in [6, 6.07) is 8.33. The minimum absolute atomic E-state index is 0. The minimum Gasteiger partial charge on any atom is -0.342 e. The van der Waals surface area contributed by atoms with Crippen molar-refractivity contribution in [1.82, 2.24) is 25.0 Å². The fourth-order valence-corrected chi connectivity index (χ4v) is 4.47. The van der Waals surface area contributed by atoms with E-state index in [4.69, 9.17) is 0 Å². The summed E-state index contributed by atoms with van der Waals surface area (Å²) < 4.78 is 2.28. The molecule has 26 heavy (non-hydrogen) atoms. The number of aromatic nitrogens is 3. The average Bonchev–Trinajstić information content (AvgIpc) is 3.07. The summed E-state index contributed by atoms with van der Waals surface area (Å²) in [5.41, 5.74) is 2.56. The van der Waals surface area contributed by atoms with Crippen molar-refractivity contribution in [1.29, 1.82) is 0 Å². The topological polar surface area (TPSA) is 63.1 Å². The molecule has 0 spiro atoms. The van der Waals surface area contributed by atoms with Crippen LogP contribution in [-0.4, -0.2) is 45.2 Å². The molecule has 0 saturated carbocycles. The molecule has 1 aromatic carbocycles. The van der Waals surface area contributed by atoms with Gasteiger partial charge in [-0.1, -0.05) is 24.3 Å². The first-order valence-corrected chi connectivity index (χ1v) is 9.30. The highest BCUT2D eigenvalue weighted by Gasteiger charge is 2.36. The molecule has 1 N–H and O–H groups in total. The quantitative estimate of drug-likeness (QED) is 0.872. The summed E-state index contributed by atoms with van der Waals surface area (Å²) in [7, 11) is 0. The van der Waals surface area contributed by atoms with E-state index >= 15 is 0 Å². The maximum atomic E-state index is 12.9. The fraction of sp³-hybridized carbons (Fsp3) is 0.526. The number of carbonyl (C=O) groups excluding carboxylic acids is 1. The van der Waals surface area contributed by atoms with Crippen LogP contribution in [0.2, 0.25) is 0 Å². The second kappa shape index (κ2) is 7.00. The predicted octanol–water partition coefficient (Wildman–Crippen LogP) is 1.85. The molecule has 1 aliphatic carbocycles. The van der Waals surface area contributed by atoms with Gasteiger partial charge in [0, 0.05) is 32.1 Å². The summed E-state index contributed by atoms with van der Waals surface area (Å²) >= 11 is 0. The number of nitrogens with one attached hydrogen (secondary N) is 1. The van der Waals surface area contributed by atoms with Gasteiger partial charge in [-0.05, 0) is 30.4 Å². The molecule has 5 rings (SSSR count). The van der Waals surface area contributed by atoms with Gasteiger partial charge in [0.2, 0.25) is 5.91 Å². The lowest BCUT2D eigenvalue weighted by atomic mass is 9.76. The zero-order valence-corrected chi connectivity index (χ0v) is 15.5. The highest BCUT2D eigenvalue weighted by atomic mass is 35.5. The molecule has 6 nitrogen and oxygen atoms in total. The Labute approximate surface area is 159 Å². The fourth-order valence-electron chi connectivity index (χ4n) is 4.47. The van der Waals surface area contributed by atoms with Gasteiger partial charge in [0.05, 0.1) is 12.5 Å². The number of likely N-dealkylation sites (tertiary alicyclic amines) is 1. The number of rotatable bonds is 2. The lowest BCUT2D eigenvalue weighted by Crippen LogP contribution is -2.43. The van der Waals surface area contributed by atoms with E-state index in [1.165, 1.54) is 11.1 Å². The second-order valence-electron chi connectivity index (χ2n) is 7.36. The van der Waals surface area contributed by atoms with Crippen LogP contribution in [0.5, 0.6) is 0 Å². The van der Waals surface area contributed by atoms with E-state index in [-0.39, 0.29) is 18.3 Å². The Balaban J connectivity index is 0.00000168. The van der Waals surface area contributed by atoms with E-state index < -0.39 is 0 Å². The lowest BCUT2D eigenvalue weighted by molar-refractivity contribution is -0.134. The molecular weight excluding hydrogens is 350 g/mol. The molecule has 0 radical (unpaired) electrons. The van der Waals surface area contributed by atoms with Crippen LogP contribution in [0.15, 0.2) is 24.3 Å². The lowest BCUT2D eigenvalue weighted by Gasteiger charge is -2.37. The van der Waals surface area contributed by atoms with Crippen LogP contribution in [0.3, 0.4) is 0 Å². The maximum Gasteiger partial charge on any atom is 0.230 e. The van der Waals surface area contributed by atoms with E-state index in [1.807, 2.05) is 6.07 Å². The second-order valence-corrected chi connectivity index (χ2v) is 7.36. The number of carbonyl (C=O) groups is 1. The molecule has 1 aromatic heterocycles. The van der Waals surface area contributed by atoms with E-state index in [2.05, 4.69) is 43.2 Å². The van der Waals surface area contributed by atoms with Crippen molar-refractivity contribution in [2.24, 2.45) is 0 Å². The minimum atomic E-state index is 0. The van der Waals surface area contributed by atoms with Crippen molar-refractivity contribution in [3.05, 3.63) is 47.0 Å². The van der Waals surface area contributed by atoms with E-state index in [1.54, 1.807) is 0 Å². The predicted molar refractivity (Wildman–Crippen MR) is 100 cm³/mol. The monoisotopic (exact) mass is 373 g/mol. The first-order valence-electron chi connectivity index (χ1n) is 9.30. The number of hydrogen-bond donors (Lipinski definition) is 1. The van der Waals surface area contributed by atoms with Crippen LogP contribution in [-0.2, 0) is 24.3 Å². The van der Waals surface area contributed by atoms with Crippen LogP contribution >= 0.6 is 12.4 Å². The third kappa shape index (κ3) is 2.81. The highest BCUT2D eigenvalue weighted by molar-refractivity contribution is 5.87. The van der Waals surface area contributed by atoms with Crippen molar-refractivity contribution < 1.29 is 4.79 Å². The number of amides is 1. The SMILES string of the molecule is Cl.O=C(C1Cc2ccccc21)N1CCC(c2nnc3n2CCNC3)CC1. The van der Waals surface area contributed by atoms with Gasteiger partial charge in [0.25, 0.3) is 0 Å². The summed E-state index contributed by atoms with van der Waals surface area (Å²) in [5.74, 6) is 2.99. The standard InChI is InChI=1S/C19H23N5O.ClH/c25-19(16-11-14-3-1-2-4-15(14)16)23-8-5-13(6-9-23)18-22-21-17-12-20-7-10-24(17)18;/h1-4,13,16,20H,5-12H2;1H. The summed E-state index contributed by atoms with van der Waals surface area (Å²) in [6.07, 6.45) is 2.89. The summed E-state index contributed by atoms with van der Waals surface area (Å²) in [6.45, 7) is 4.42.